The number of fused-ring (bicyclic) bond motifs is 2. The molecule has 1 amide bonds. The van der Waals surface area contributed by atoms with Crippen LogP contribution in [0.5, 0.6) is 0 Å². The topological polar surface area (TPSA) is 87.9 Å². The molecule has 8 heteroatoms. The van der Waals surface area contributed by atoms with Crippen LogP contribution >= 0.6 is 0 Å². The van der Waals surface area contributed by atoms with Gasteiger partial charge in [0, 0.05) is 32.2 Å². The standard InChI is InChI=1S/C24H20N2O5S/c27-21-16-23(31-22-8-4-3-7-20(21)22)24(28)25-11-13-26(14-12-25)32(29,30)19-10-9-17-5-1-2-6-18(17)15-19/h1-10,15-16H,11-14H2. The number of hydrogen-bond donors (Lipinski definition) is 0. The van der Waals surface area contributed by atoms with Crippen molar-refractivity contribution in [1.29, 1.82) is 0 Å². The second kappa shape index (κ2) is 7.89. The number of carbonyl (C=O) groups is 1. The van der Waals surface area contributed by atoms with Crippen LogP contribution in [-0.2, 0) is 10.0 Å². The van der Waals surface area contributed by atoms with E-state index in [9.17, 15) is 18.0 Å². The van der Waals surface area contributed by atoms with Crippen LogP contribution in [-0.4, -0.2) is 49.7 Å². The first-order valence-corrected chi connectivity index (χ1v) is 11.7. The third-order valence-electron chi connectivity index (χ3n) is 5.73. The van der Waals surface area contributed by atoms with E-state index in [1.54, 1.807) is 42.5 Å². The number of sulfonamides is 1. The maximum atomic E-state index is 13.1. The van der Waals surface area contributed by atoms with Gasteiger partial charge in [-0.25, -0.2) is 8.42 Å². The molecule has 4 aromatic rings. The molecule has 3 aromatic carbocycles. The molecule has 0 aliphatic carbocycles. The second-order valence-electron chi connectivity index (χ2n) is 7.68. The van der Waals surface area contributed by atoms with Crippen molar-refractivity contribution in [2.75, 3.05) is 26.2 Å². The SMILES string of the molecule is O=C(c1cc(=O)c2ccccc2o1)N1CCN(S(=O)(=O)c2ccc3ccccc3c2)CC1. The number of piperazine rings is 1. The fraction of sp³-hybridized carbons (Fsp3) is 0.167. The molecule has 1 aliphatic rings. The summed E-state index contributed by atoms with van der Waals surface area (Å²) in [5, 5.41) is 2.24. The minimum atomic E-state index is -3.68. The maximum absolute atomic E-state index is 13.1. The molecule has 7 nitrogen and oxygen atoms in total. The number of amides is 1. The summed E-state index contributed by atoms with van der Waals surface area (Å²) in [5.74, 6) is -0.463. The van der Waals surface area contributed by atoms with Crippen molar-refractivity contribution in [3.05, 3.63) is 88.8 Å². The monoisotopic (exact) mass is 448 g/mol. The number of carbonyl (C=O) groups excluding carboxylic acids is 1. The Bertz CT molecular complexity index is 1500. The molecule has 0 radical (unpaired) electrons. The first kappa shape index (κ1) is 20.4. The number of rotatable bonds is 3. The average molecular weight is 449 g/mol. The van der Waals surface area contributed by atoms with Gasteiger partial charge in [0.15, 0.2) is 11.2 Å². The molecule has 1 aliphatic heterocycles. The molecule has 0 atom stereocenters. The van der Waals surface area contributed by atoms with Crippen molar-refractivity contribution in [1.82, 2.24) is 9.21 Å². The van der Waals surface area contributed by atoms with Crippen molar-refractivity contribution < 1.29 is 17.6 Å². The van der Waals surface area contributed by atoms with Crippen LogP contribution < -0.4 is 5.43 Å². The molecule has 32 heavy (non-hydrogen) atoms. The van der Waals surface area contributed by atoms with Crippen LogP contribution in [0.3, 0.4) is 0 Å². The van der Waals surface area contributed by atoms with Gasteiger partial charge in [-0.1, -0.05) is 42.5 Å². The minimum Gasteiger partial charge on any atom is -0.451 e. The predicted molar refractivity (Wildman–Crippen MR) is 121 cm³/mol. The number of hydrogen-bond acceptors (Lipinski definition) is 5. The van der Waals surface area contributed by atoms with E-state index in [1.807, 2.05) is 24.3 Å². The highest BCUT2D eigenvalue weighted by Gasteiger charge is 2.31. The first-order valence-electron chi connectivity index (χ1n) is 10.2. The molecule has 0 unspecified atom stereocenters. The summed E-state index contributed by atoms with van der Waals surface area (Å²) < 4.78 is 33.3. The summed E-state index contributed by atoms with van der Waals surface area (Å²) in [6.45, 7) is 0.752. The number of para-hydroxylation sites is 1. The van der Waals surface area contributed by atoms with E-state index in [-0.39, 0.29) is 42.3 Å². The molecule has 0 saturated carbocycles. The van der Waals surface area contributed by atoms with Crippen LogP contribution in [0.1, 0.15) is 10.6 Å². The normalized spacial score (nSPS) is 15.3. The smallest absolute Gasteiger partial charge is 0.289 e. The lowest BCUT2D eigenvalue weighted by Gasteiger charge is -2.33. The Balaban J connectivity index is 1.34. The molecule has 1 fully saturated rings. The summed E-state index contributed by atoms with van der Waals surface area (Å²) in [6, 6.07) is 20.6. The first-order chi connectivity index (χ1) is 15.4. The third-order valence-corrected chi connectivity index (χ3v) is 7.62. The number of benzene rings is 3. The molecular formula is C24H20N2O5S. The maximum Gasteiger partial charge on any atom is 0.289 e. The van der Waals surface area contributed by atoms with E-state index < -0.39 is 15.9 Å². The average Bonchev–Trinajstić information content (AvgIpc) is 2.83. The van der Waals surface area contributed by atoms with Crippen molar-refractivity contribution in [2.45, 2.75) is 4.90 Å². The van der Waals surface area contributed by atoms with Gasteiger partial charge in [-0.15, -0.1) is 0 Å². The molecule has 0 spiro atoms. The van der Waals surface area contributed by atoms with E-state index in [4.69, 9.17) is 4.42 Å². The summed E-state index contributed by atoms with van der Waals surface area (Å²) in [6.07, 6.45) is 0. The van der Waals surface area contributed by atoms with E-state index in [0.717, 1.165) is 10.8 Å². The molecular weight excluding hydrogens is 428 g/mol. The van der Waals surface area contributed by atoms with Gasteiger partial charge in [0.2, 0.25) is 10.0 Å². The molecule has 1 aromatic heterocycles. The van der Waals surface area contributed by atoms with Crippen LogP contribution in [0.25, 0.3) is 21.7 Å². The predicted octanol–water partition coefficient (Wildman–Crippen LogP) is 3.09. The highest BCUT2D eigenvalue weighted by atomic mass is 32.2. The zero-order valence-corrected chi connectivity index (χ0v) is 17.9. The van der Waals surface area contributed by atoms with Gasteiger partial charge >= 0.3 is 0 Å². The fourth-order valence-corrected chi connectivity index (χ4v) is 5.43. The zero-order chi connectivity index (χ0) is 22.3. The lowest BCUT2D eigenvalue weighted by molar-refractivity contribution is 0.0666. The Morgan fingerprint density at radius 3 is 2.28 bits per heavy atom. The van der Waals surface area contributed by atoms with Crippen LogP contribution in [0.15, 0.2) is 86.9 Å². The summed E-state index contributed by atoms with van der Waals surface area (Å²) in [7, 11) is -3.68. The van der Waals surface area contributed by atoms with Crippen molar-refractivity contribution in [3.63, 3.8) is 0 Å². The minimum absolute atomic E-state index is 0.0421. The largest absolute Gasteiger partial charge is 0.451 e. The summed E-state index contributed by atoms with van der Waals surface area (Å²) >= 11 is 0. The molecule has 5 rings (SSSR count). The third kappa shape index (κ3) is 3.57. The highest BCUT2D eigenvalue weighted by molar-refractivity contribution is 7.89. The van der Waals surface area contributed by atoms with E-state index >= 15 is 0 Å². The van der Waals surface area contributed by atoms with Gasteiger partial charge in [-0.3, -0.25) is 9.59 Å². The van der Waals surface area contributed by atoms with E-state index in [0.29, 0.717) is 11.0 Å². The van der Waals surface area contributed by atoms with Gasteiger partial charge in [-0.2, -0.15) is 4.31 Å². The van der Waals surface area contributed by atoms with Crippen LogP contribution in [0.2, 0.25) is 0 Å². The van der Waals surface area contributed by atoms with Crippen LogP contribution in [0.4, 0.5) is 0 Å². The van der Waals surface area contributed by atoms with Crippen molar-refractivity contribution in [3.8, 4) is 0 Å². The quantitative estimate of drug-likeness (QED) is 0.481. The Kier molecular flexibility index (Phi) is 5.03. The fourth-order valence-electron chi connectivity index (χ4n) is 3.97. The zero-order valence-electron chi connectivity index (χ0n) is 17.1. The Morgan fingerprint density at radius 1 is 0.812 bits per heavy atom. The van der Waals surface area contributed by atoms with Gasteiger partial charge in [0.25, 0.3) is 5.91 Å². The Labute approximate surface area is 184 Å². The van der Waals surface area contributed by atoms with Crippen molar-refractivity contribution in [2.24, 2.45) is 0 Å². The van der Waals surface area contributed by atoms with Crippen molar-refractivity contribution >= 4 is 37.7 Å². The molecule has 0 N–H and O–H groups in total. The van der Waals surface area contributed by atoms with E-state index in [2.05, 4.69) is 0 Å². The Morgan fingerprint density at radius 2 is 1.50 bits per heavy atom. The van der Waals surface area contributed by atoms with Gasteiger partial charge in [-0.05, 0) is 35.0 Å². The molecule has 1 saturated heterocycles. The Hall–Kier alpha value is -3.49. The lowest BCUT2D eigenvalue weighted by atomic mass is 10.1. The molecule has 2 heterocycles. The lowest BCUT2D eigenvalue weighted by Crippen LogP contribution is -2.50. The van der Waals surface area contributed by atoms with Crippen LogP contribution in [0, 0.1) is 0 Å². The second-order valence-corrected chi connectivity index (χ2v) is 9.61. The molecule has 0 bridgehead atoms. The highest BCUT2D eigenvalue weighted by Crippen LogP contribution is 2.23. The van der Waals surface area contributed by atoms with Gasteiger partial charge in [0.1, 0.15) is 5.58 Å². The van der Waals surface area contributed by atoms with Gasteiger partial charge in [0.05, 0.1) is 10.3 Å². The summed E-state index contributed by atoms with van der Waals surface area (Å²) in [4.78, 5) is 26.9. The van der Waals surface area contributed by atoms with E-state index in [1.165, 1.54) is 15.3 Å². The molecule has 162 valence electrons. The van der Waals surface area contributed by atoms with Gasteiger partial charge < -0.3 is 9.32 Å². The number of nitrogens with zero attached hydrogens (tertiary/aromatic N) is 2. The summed E-state index contributed by atoms with van der Waals surface area (Å²) in [5.41, 5.74) is 0.0635.